The molecule has 0 radical (unpaired) electrons. The number of hydrogen-bond acceptors (Lipinski definition) is 5. The SMILES string of the molecule is O=C1NC(=O)N(C2CC(O)C(CO)O2)CC1C=CBr. The standard InChI is InChI=1S/C11H15BrN2O5/c12-2-1-6-4-14(11(18)13-10(6)17)9-3-7(16)8(5-15)19-9/h1-2,6-9,15-16H,3-5H2,(H,13,17,18). The molecule has 19 heavy (non-hydrogen) atoms. The fourth-order valence-corrected chi connectivity index (χ4v) is 2.57. The largest absolute Gasteiger partial charge is 0.394 e. The zero-order valence-corrected chi connectivity index (χ0v) is 11.6. The van der Waals surface area contributed by atoms with Crippen molar-refractivity contribution >= 4 is 27.9 Å². The molecule has 0 aromatic heterocycles. The second-order valence-corrected chi connectivity index (χ2v) is 5.02. The molecular weight excluding hydrogens is 320 g/mol. The van der Waals surface area contributed by atoms with E-state index in [2.05, 4.69) is 21.2 Å². The second kappa shape index (κ2) is 6.00. The van der Waals surface area contributed by atoms with E-state index < -0.39 is 30.4 Å². The number of urea groups is 1. The van der Waals surface area contributed by atoms with Gasteiger partial charge in [0.05, 0.1) is 18.6 Å². The average molecular weight is 335 g/mol. The Hall–Kier alpha value is -0.960. The molecular formula is C11H15BrN2O5. The summed E-state index contributed by atoms with van der Waals surface area (Å²) in [7, 11) is 0. The van der Waals surface area contributed by atoms with Crippen molar-refractivity contribution in [2.45, 2.75) is 24.9 Å². The van der Waals surface area contributed by atoms with Crippen molar-refractivity contribution in [1.29, 1.82) is 0 Å². The number of carbonyl (C=O) groups is 2. The summed E-state index contributed by atoms with van der Waals surface area (Å²) < 4.78 is 5.41. The van der Waals surface area contributed by atoms with Crippen LogP contribution in [0.1, 0.15) is 6.42 Å². The smallest absolute Gasteiger partial charge is 0.326 e. The molecule has 0 saturated carbocycles. The summed E-state index contributed by atoms with van der Waals surface area (Å²) >= 11 is 3.09. The fourth-order valence-electron chi connectivity index (χ4n) is 2.20. The van der Waals surface area contributed by atoms with Crippen LogP contribution >= 0.6 is 15.9 Å². The van der Waals surface area contributed by atoms with E-state index in [0.717, 1.165) is 0 Å². The minimum Gasteiger partial charge on any atom is -0.394 e. The van der Waals surface area contributed by atoms with E-state index in [1.54, 1.807) is 11.1 Å². The van der Waals surface area contributed by atoms with Gasteiger partial charge >= 0.3 is 6.03 Å². The number of aliphatic hydroxyl groups excluding tert-OH is 2. The zero-order chi connectivity index (χ0) is 14.0. The highest BCUT2D eigenvalue weighted by Crippen LogP contribution is 2.25. The number of hydrogen-bond donors (Lipinski definition) is 3. The number of nitrogens with one attached hydrogen (secondary N) is 1. The molecule has 2 aliphatic rings. The normalized spacial score (nSPS) is 36.1. The van der Waals surface area contributed by atoms with Gasteiger partial charge in [-0.25, -0.2) is 4.79 Å². The van der Waals surface area contributed by atoms with Crippen LogP contribution in [-0.4, -0.2) is 58.6 Å². The maximum atomic E-state index is 11.8. The Morgan fingerprint density at radius 1 is 1.53 bits per heavy atom. The third-order valence-corrected chi connectivity index (χ3v) is 3.56. The predicted octanol–water partition coefficient (Wildman–Crippen LogP) is -0.469. The molecule has 0 bridgehead atoms. The molecule has 2 saturated heterocycles. The van der Waals surface area contributed by atoms with E-state index in [4.69, 9.17) is 9.84 Å². The van der Waals surface area contributed by atoms with E-state index >= 15 is 0 Å². The number of imide groups is 1. The highest BCUT2D eigenvalue weighted by atomic mass is 79.9. The molecule has 0 spiro atoms. The molecule has 0 aliphatic carbocycles. The zero-order valence-electron chi connectivity index (χ0n) is 10.0. The Balaban J connectivity index is 2.07. The van der Waals surface area contributed by atoms with Crippen molar-refractivity contribution in [2.75, 3.05) is 13.2 Å². The van der Waals surface area contributed by atoms with Crippen molar-refractivity contribution in [3.63, 3.8) is 0 Å². The molecule has 2 rings (SSSR count). The number of halogens is 1. The minimum atomic E-state index is -0.814. The van der Waals surface area contributed by atoms with Crippen LogP contribution in [-0.2, 0) is 9.53 Å². The van der Waals surface area contributed by atoms with Gasteiger partial charge in [-0.15, -0.1) is 0 Å². The number of aliphatic hydroxyl groups is 2. The molecule has 0 aromatic rings. The maximum absolute atomic E-state index is 11.8. The van der Waals surface area contributed by atoms with Crippen LogP contribution in [0.15, 0.2) is 11.1 Å². The number of nitrogens with zero attached hydrogens (tertiary/aromatic N) is 1. The van der Waals surface area contributed by atoms with Crippen LogP contribution in [0, 0.1) is 5.92 Å². The van der Waals surface area contributed by atoms with Gasteiger partial charge in [0, 0.05) is 13.0 Å². The first kappa shape index (κ1) is 14.4. The maximum Gasteiger partial charge on any atom is 0.326 e. The lowest BCUT2D eigenvalue weighted by molar-refractivity contribution is -0.127. The highest BCUT2D eigenvalue weighted by molar-refractivity contribution is 9.11. The van der Waals surface area contributed by atoms with Gasteiger partial charge in [0.2, 0.25) is 5.91 Å². The van der Waals surface area contributed by atoms with Crippen LogP contribution in [0.3, 0.4) is 0 Å². The quantitative estimate of drug-likeness (QED) is 0.648. The lowest BCUT2D eigenvalue weighted by atomic mass is 10.1. The second-order valence-electron chi connectivity index (χ2n) is 4.49. The van der Waals surface area contributed by atoms with E-state index in [-0.39, 0.29) is 25.5 Å². The first-order valence-corrected chi connectivity index (χ1v) is 6.81. The van der Waals surface area contributed by atoms with Crippen molar-refractivity contribution in [3.8, 4) is 0 Å². The van der Waals surface area contributed by atoms with E-state index in [9.17, 15) is 14.7 Å². The van der Waals surface area contributed by atoms with Gasteiger partial charge in [-0.2, -0.15) is 0 Å². The molecule has 7 nitrogen and oxygen atoms in total. The Bertz CT molecular complexity index is 403. The van der Waals surface area contributed by atoms with Gasteiger partial charge in [-0.1, -0.05) is 22.0 Å². The first-order chi connectivity index (χ1) is 9.06. The summed E-state index contributed by atoms with van der Waals surface area (Å²) in [5, 5.41) is 20.9. The minimum absolute atomic E-state index is 0.183. The monoisotopic (exact) mass is 334 g/mol. The van der Waals surface area contributed by atoms with Crippen LogP contribution in [0.25, 0.3) is 0 Å². The number of amides is 3. The summed E-state index contributed by atoms with van der Waals surface area (Å²) in [6.07, 6.45) is -0.293. The van der Waals surface area contributed by atoms with Crippen LogP contribution in [0.5, 0.6) is 0 Å². The summed E-state index contributed by atoms with van der Waals surface area (Å²) in [6, 6.07) is -0.542. The van der Waals surface area contributed by atoms with Gasteiger partial charge < -0.3 is 14.9 Å². The van der Waals surface area contributed by atoms with Gasteiger partial charge in [0.25, 0.3) is 0 Å². The van der Waals surface area contributed by atoms with Crippen molar-refractivity contribution in [3.05, 3.63) is 11.1 Å². The van der Waals surface area contributed by atoms with Crippen molar-refractivity contribution in [2.24, 2.45) is 5.92 Å². The summed E-state index contributed by atoms with van der Waals surface area (Å²) in [6.45, 7) is -0.126. The van der Waals surface area contributed by atoms with Gasteiger partial charge in [-0.3, -0.25) is 15.0 Å². The predicted molar refractivity (Wildman–Crippen MR) is 68.2 cm³/mol. The molecule has 3 N–H and O–H groups in total. The van der Waals surface area contributed by atoms with E-state index in [0.29, 0.717) is 0 Å². The highest BCUT2D eigenvalue weighted by Gasteiger charge is 2.42. The Morgan fingerprint density at radius 2 is 2.26 bits per heavy atom. The number of ether oxygens (including phenoxy) is 1. The molecule has 2 heterocycles. The van der Waals surface area contributed by atoms with Crippen LogP contribution in [0.4, 0.5) is 4.79 Å². The molecule has 4 atom stereocenters. The van der Waals surface area contributed by atoms with Crippen LogP contribution in [0.2, 0.25) is 0 Å². The molecule has 2 fully saturated rings. The molecule has 8 heteroatoms. The number of rotatable bonds is 3. The van der Waals surface area contributed by atoms with E-state index in [1.165, 1.54) is 4.90 Å². The summed E-state index contributed by atoms with van der Waals surface area (Å²) in [5.74, 6) is -0.833. The van der Waals surface area contributed by atoms with Gasteiger partial charge in [0.1, 0.15) is 12.3 Å². The van der Waals surface area contributed by atoms with Gasteiger partial charge in [0.15, 0.2) is 0 Å². The van der Waals surface area contributed by atoms with E-state index in [1.807, 2.05) is 0 Å². The Labute approximate surface area is 118 Å². The molecule has 106 valence electrons. The third-order valence-electron chi connectivity index (χ3n) is 3.26. The average Bonchev–Trinajstić information content (AvgIpc) is 2.74. The number of carbonyl (C=O) groups excluding carboxylic acids is 2. The fraction of sp³-hybridized carbons (Fsp3) is 0.636. The topological polar surface area (TPSA) is 99.1 Å². The third kappa shape index (κ3) is 2.97. The Kier molecular flexibility index (Phi) is 4.56. The summed E-state index contributed by atoms with van der Waals surface area (Å²) in [4.78, 5) is 26.3. The van der Waals surface area contributed by atoms with Crippen molar-refractivity contribution < 1.29 is 24.5 Å². The summed E-state index contributed by atoms with van der Waals surface area (Å²) in [5.41, 5.74) is 0. The lowest BCUT2D eigenvalue weighted by Crippen LogP contribution is -2.57. The first-order valence-electron chi connectivity index (χ1n) is 5.89. The molecule has 3 amide bonds. The van der Waals surface area contributed by atoms with Crippen LogP contribution < -0.4 is 5.32 Å². The molecule has 2 aliphatic heterocycles. The van der Waals surface area contributed by atoms with Gasteiger partial charge in [-0.05, 0) is 4.99 Å². The molecule has 0 aromatic carbocycles. The van der Waals surface area contributed by atoms with Crippen molar-refractivity contribution in [1.82, 2.24) is 10.2 Å². The molecule has 4 unspecified atom stereocenters. The Morgan fingerprint density at radius 3 is 2.84 bits per heavy atom. The lowest BCUT2D eigenvalue weighted by Gasteiger charge is -2.34.